The van der Waals surface area contributed by atoms with Crippen LogP contribution in [0.3, 0.4) is 0 Å². The molecule has 0 atom stereocenters. The lowest BCUT2D eigenvalue weighted by Crippen LogP contribution is -2.16. The minimum absolute atomic E-state index is 0.154. The summed E-state index contributed by atoms with van der Waals surface area (Å²) in [6, 6.07) is 13.2. The Hall–Kier alpha value is -1.46. The fourth-order valence-electron chi connectivity index (χ4n) is 1.80. The molecule has 0 saturated carbocycles. The molecule has 0 radical (unpaired) electrons. The molecule has 3 nitrogen and oxygen atoms in total. The van der Waals surface area contributed by atoms with E-state index in [1.807, 2.05) is 13.0 Å². The highest BCUT2D eigenvalue weighted by Crippen LogP contribution is 2.17. The highest BCUT2D eigenvalue weighted by atomic mass is 79.9. The van der Waals surface area contributed by atoms with E-state index in [1.54, 1.807) is 30.3 Å². The zero-order valence-electron chi connectivity index (χ0n) is 10.8. The minimum atomic E-state index is -3.61. The lowest BCUT2D eigenvalue weighted by molar-refractivity contribution is 0.102. The SMILES string of the molecule is Cc1cccc(C(=O)CS(=O)(=O)c2ccc(Br)cc2)c1. The third kappa shape index (κ3) is 3.55. The van der Waals surface area contributed by atoms with Gasteiger partial charge in [0.05, 0.1) is 4.90 Å². The molecule has 2 aromatic carbocycles. The molecule has 0 heterocycles. The molecule has 2 rings (SSSR count). The van der Waals surface area contributed by atoms with E-state index in [2.05, 4.69) is 15.9 Å². The van der Waals surface area contributed by atoms with Crippen molar-refractivity contribution in [3.8, 4) is 0 Å². The van der Waals surface area contributed by atoms with Gasteiger partial charge in [-0.2, -0.15) is 0 Å². The standard InChI is InChI=1S/C15H13BrO3S/c1-11-3-2-4-12(9-11)15(17)10-20(18,19)14-7-5-13(16)6-8-14/h2-9H,10H2,1H3. The lowest BCUT2D eigenvalue weighted by Gasteiger charge is -2.05. The quantitative estimate of drug-likeness (QED) is 0.792. The second-order valence-electron chi connectivity index (χ2n) is 4.51. The van der Waals surface area contributed by atoms with E-state index >= 15 is 0 Å². The second-order valence-corrected chi connectivity index (χ2v) is 7.41. The molecule has 0 saturated heterocycles. The first-order valence-corrected chi connectivity index (χ1v) is 8.41. The molecule has 0 aliphatic rings. The Morgan fingerprint density at radius 2 is 1.75 bits per heavy atom. The van der Waals surface area contributed by atoms with Gasteiger partial charge in [0.2, 0.25) is 0 Å². The van der Waals surface area contributed by atoms with Crippen molar-refractivity contribution in [2.75, 3.05) is 5.75 Å². The smallest absolute Gasteiger partial charge is 0.185 e. The van der Waals surface area contributed by atoms with E-state index in [-0.39, 0.29) is 4.90 Å². The summed E-state index contributed by atoms with van der Waals surface area (Å²) in [5, 5.41) is 0. The number of halogens is 1. The molecular weight excluding hydrogens is 340 g/mol. The van der Waals surface area contributed by atoms with Crippen LogP contribution in [-0.4, -0.2) is 20.0 Å². The molecule has 0 spiro atoms. The van der Waals surface area contributed by atoms with Gasteiger partial charge in [-0.05, 0) is 37.3 Å². The zero-order chi connectivity index (χ0) is 14.8. The molecule has 0 bridgehead atoms. The summed E-state index contributed by atoms with van der Waals surface area (Å²) in [5.41, 5.74) is 1.35. The van der Waals surface area contributed by atoms with Gasteiger partial charge in [0, 0.05) is 10.0 Å². The molecule has 0 fully saturated rings. The van der Waals surface area contributed by atoms with E-state index < -0.39 is 21.4 Å². The van der Waals surface area contributed by atoms with E-state index in [4.69, 9.17) is 0 Å². The van der Waals surface area contributed by atoms with E-state index in [1.165, 1.54) is 12.1 Å². The van der Waals surface area contributed by atoms with Crippen LogP contribution in [-0.2, 0) is 9.84 Å². The van der Waals surface area contributed by atoms with Crippen molar-refractivity contribution in [1.82, 2.24) is 0 Å². The highest BCUT2D eigenvalue weighted by molar-refractivity contribution is 9.10. The van der Waals surface area contributed by atoms with Crippen LogP contribution in [0.5, 0.6) is 0 Å². The molecule has 0 amide bonds. The van der Waals surface area contributed by atoms with E-state index in [9.17, 15) is 13.2 Å². The predicted molar refractivity (Wildman–Crippen MR) is 81.7 cm³/mol. The summed E-state index contributed by atoms with van der Waals surface area (Å²) < 4.78 is 25.1. The molecule has 20 heavy (non-hydrogen) atoms. The van der Waals surface area contributed by atoms with Gasteiger partial charge in [0.15, 0.2) is 15.6 Å². The third-order valence-electron chi connectivity index (χ3n) is 2.83. The van der Waals surface area contributed by atoms with Crippen molar-refractivity contribution in [2.24, 2.45) is 0 Å². The maximum atomic E-state index is 12.2. The van der Waals surface area contributed by atoms with Crippen molar-refractivity contribution in [3.63, 3.8) is 0 Å². The first-order chi connectivity index (χ1) is 9.38. The van der Waals surface area contributed by atoms with Crippen LogP contribution >= 0.6 is 15.9 Å². The van der Waals surface area contributed by atoms with Gasteiger partial charge < -0.3 is 0 Å². The molecule has 5 heteroatoms. The third-order valence-corrected chi connectivity index (χ3v) is 5.00. The van der Waals surface area contributed by atoms with Crippen molar-refractivity contribution < 1.29 is 13.2 Å². The Bertz CT molecular complexity index is 734. The first kappa shape index (κ1) is 14.9. The topological polar surface area (TPSA) is 51.2 Å². The Labute approximate surface area is 126 Å². The number of ketones is 1. The van der Waals surface area contributed by atoms with Crippen molar-refractivity contribution in [2.45, 2.75) is 11.8 Å². The average Bonchev–Trinajstić information content (AvgIpc) is 2.38. The maximum Gasteiger partial charge on any atom is 0.185 e. The number of hydrogen-bond acceptors (Lipinski definition) is 3. The monoisotopic (exact) mass is 352 g/mol. The van der Waals surface area contributed by atoms with Gasteiger partial charge in [0.25, 0.3) is 0 Å². The highest BCUT2D eigenvalue weighted by Gasteiger charge is 2.20. The minimum Gasteiger partial charge on any atom is -0.293 e. The van der Waals surface area contributed by atoms with Crippen LogP contribution in [0.15, 0.2) is 57.9 Å². The van der Waals surface area contributed by atoms with E-state index in [0.29, 0.717) is 5.56 Å². The summed E-state index contributed by atoms with van der Waals surface area (Å²) in [6.07, 6.45) is 0. The van der Waals surface area contributed by atoms with Crippen LogP contribution in [0.4, 0.5) is 0 Å². The predicted octanol–water partition coefficient (Wildman–Crippen LogP) is 3.41. The van der Waals surface area contributed by atoms with Crippen LogP contribution in [0.25, 0.3) is 0 Å². The first-order valence-electron chi connectivity index (χ1n) is 5.97. The van der Waals surface area contributed by atoms with Gasteiger partial charge >= 0.3 is 0 Å². The fourth-order valence-corrected chi connectivity index (χ4v) is 3.29. The summed E-state index contributed by atoms with van der Waals surface area (Å²) in [5.74, 6) is -0.908. The molecule has 0 aromatic heterocycles. The Kier molecular flexibility index (Phi) is 4.40. The van der Waals surface area contributed by atoms with Crippen LogP contribution < -0.4 is 0 Å². The molecule has 104 valence electrons. The fraction of sp³-hybridized carbons (Fsp3) is 0.133. The molecule has 0 aliphatic carbocycles. The number of sulfone groups is 1. The summed E-state index contributed by atoms with van der Waals surface area (Å²) >= 11 is 3.25. The van der Waals surface area contributed by atoms with Crippen LogP contribution in [0.2, 0.25) is 0 Å². The Morgan fingerprint density at radius 3 is 2.35 bits per heavy atom. The lowest BCUT2D eigenvalue weighted by atomic mass is 10.1. The number of carbonyl (C=O) groups is 1. The van der Waals surface area contributed by atoms with Crippen molar-refractivity contribution >= 4 is 31.6 Å². The number of Topliss-reactive ketones (excluding diaryl/α,β-unsaturated/α-hetero) is 1. The summed E-state index contributed by atoms with van der Waals surface area (Å²) in [6.45, 7) is 1.86. The Morgan fingerprint density at radius 1 is 1.10 bits per heavy atom. The second kappa shape index (κ2) is 5.89. The van der Waals surface area contributed by atoms with Gasteiger partial charge in [0.1, 0.15) is 5.75 Å². The maximum absolute atomic E-state index is 12.2. The number of benzene rings is 2. The summed E-state index contributed by atoms with van der Waals surface area (Å²) in [4.78, 5) is 12.2. The molecule has 0 unspecified atom stereocenters. The molecule has 2 aromatic rings. The number of carbonyl (C=O) groups excluding carboxylic acids is 1. The molecular formula is C15H13BrO3S. The molecule has 0 N–H and O–H groups in total. The summed E-state index contributed by atoms with van der Waals surface area (Å²) in [7, 11) is -3.61. The van der Waals surface area contributed by atoms with E-state index in [0.717, 1.165) is 10.0 Å². The van der Waals surface area contributed by atoms with Crippen LogP contribution in [0.1, 0.15) is 15.9 Å². The largest absolute Gasteiger partial charge is 0.293 e. The number of aryl methyl sites for hydroxylation is 1. The average molecular weight is 353 g/mol. The normalized spacial score (nSPS) is 11.3. The number of rotatable bonds is 4. The van der Waals surface area contributed by atoms with Gasteiger partial charge in [-0.15, -0.1) is 0 Å². The Balaban J connectivity index is 2.24. The molecule has 0 aliphatic heterocycles. The van der Waals surface area contributed by atoms with Crippen molar-refractivity contribution in [3.05, 3.63) is 64.1 Å². The van der Waals surface area contributed by atoms with Crippen molar-refractivity contribution in [1.29, 1.82) is 0 Å². The van der Waals surface area contributed by atoms with Gasteiger partial charge in [-0.3, -0.25) is 4.79 Å². The zero-order valence-corrected chi connectivity index (χ0v) is 13.2. The van der Waals surface area contributed by atoms with Gasteiger partial charge in [-0.1, -0.05) is 39.7 Å². The van der Waals surface area contributed by atoms with Gasteiger partial charge in [-0.25, -0.2) is 8.42 Å². The number of hydrogen-bond donors (Lipinski definition) is 0. The van der Waals surface area contributed by atoms with Crippen LogP contribution in [0, 0.1) is 6.92 Å².